The zero-order valence-electron chi connectivity index (χ0n) is 12.4. The molecule has 2 atom stereocenters. The second-order valence-corrected chi connectivity index (χ2v) is 5.28. The van der Waals surface area contributed by atoms with E-state index >= 15 is 0 Å². The van der Waals surface area contributed by atoms with E-state index in [-0.39, 0.29) is 5.91 Å². The molecule has 0 radical (unpaired) electrons. The first-order valence-corrected chi connectivity index (χ1v) is 7.13. The second-order valence-electron chi connectivity index (χ2n) is 5.28. The van der Waals surface area contributed by atoms with Crippen LogP contribution in [0.25, 0.3) is 0 Å². The highest BCUT2D eigenvalue weighted by molar-refractivity contribution is 5.91. The van der Waals surface area contributed by atoms with Crippen molar-refractivity contribution in [2.24, 2.45) is 5.92 Å². The number of carbonyl (C=O) groups excluding carboxylic acids is 1. The zero-order valence-corrected chi connectivity index (χ0v) is 12.4. The molecule has 1 aromatic heterocycles. The number of nitrogens with zero attached hydrogens (tertiary/aromatic N) is 3. The van der Waals surface area contributed by atoms with Gasteiger partial charge in [-0.3, -0.25) is 4.79 Å². The second kappa shape index (κ2) is 6.65. The van der Waals surface area contributed by atoms with Gasteiger partial charge < -0.3 is 15.5 Å². The molecule has 1 aliphatic rings. The smallest absolute Gasteiger partial charge is 0.271 e. The van der Waals surface area contributed by atoms with Crippen LogP contribution < -0.4 is 15.5 Å². The molecule has 2 heterocycles. The Kier molecular flexibility index (Phi) is 4.89. The molecule has 2 rings (SSSR count). The van der Waals surface area contributed by atoms with Gasteiger partial charge >= 0.3 is 0 Å². The molecule has 0 saturated carbocycles. The molecule has 0 bridgehead atoms. The normalized spacial score (nSPS) is 20.6. The van der Waals surface area contributed by atoms with E-state index in [2.05, 4.69) is 32.7 Å². The maximum Gasteiger partial charge on any atom is 0.271 e. The molecule has 0 spiro atoms. The quantitative estimate of drug-likeness (QED) is 0.846. The number of hydrogen-bond acceptors (Lipinski definition) is 5. The Morgan fingerprint density at radius 3 is 2.80 bits per heavy atom. The van der Waals surface area contributed by atoms with Crippen LogP contribution in [-0.4, -0.2) is 49.3 Å². The maximum absolute atomic E-state index is 11.4. The number of hydrogen-bond donors (Lipinski definition) is 2. The Morgan fingerprint density at radius 1 is 1.40 bits per heavy atom. The molecular formula is C14H23N5O. The van der Waals surface area contributed by atoms with Crippen molar-refractivity contribution in [1.82, 2.24) is 20.8 Å². The summed E-state index contributed by atoms with van der Waals surface area (Å²) in [5.74, 6) is 1.27. The molecule has 0 aromatic carbocycles. The monoisotopic (exact) mass is 277 g/mol. The molecule has 0 aliphatic carbocycles. The highest BCUT2D eigenvalue weighted by Gasteiger charge is 2.24. The number of rotatable bonds is 4. The van der Waals surface area contributed by atoms with E-state index in [9.17, 15) is 4.79 Å². The summed E-state index contributed by atoms with van der Waals surface area (Å²) in [6.07, 6.45) is 2.40. The van der Waals surface area contributed by atoms with E-state index in [1.54, 1.807) is 13.1 Å². The maximum atomic E-state index is 11.4. The van der Waals surface area contributed by atoms with Crippen molar-refractivity contribution in [2.75, 3.05) is 32.1 Å². The van der Waals surface area contributed by atoms with Gasteiger partial charge in [-0.2, -0.15) is 0 Å². The van der Waals surface area contributed by atoms with E-state index in [0.29, 0.717) is 17.7 Å². The van der Waals surface area contributed by atoms with Crippen molar-refractivity contribution in [2.45, 2.75) is 25.8 Å². The van der Waals surface area contributed by atoms with E-state index in [1.165, 1.54) is 6.42 Å². The fraction of sp³-hybridized carbons (Fsp3) is 0.643. The zero-order chi connectivity index (χ0) is 14.5. The van der Waals surface area contributed by atoms with Gasteiger partial charge in [-0.1, -0.05) is 0 Å². The van der Waals surface area contributed by atoms with Gasteiger partial charge in [0, 0.05) is 26.2 Å². The molecule has 1 saturated heterocycles. The number of aromatic nitrogens is 2. The predicted octanol–water partition coefficient (Wildman–Crippen LogP) is 0.661. The highest BCUT2D eigenvalue weighted by atomic mass is 16.1. The minimum atomic E-state index is -0.204. The van der Waals surface area contributed by atoms with Crippen LogP contribution in [0, 0.1) is 5.92 Å². The summed E-state index contributed by atoms with van der Waals surface area (Å²) < 4.78 is 0. The van der Waals surface area contributed by atoms with Crippen LogP contribution in [0.2, 0.25) is 0 Å². The summed E-state index contributed by atoms with van der Waals surface area (Å²) >= 11 is 0. The van der Waals surface area contributed by atoms with Gasteiger partial charge in [-0.15, -0.1) is 10.2 Å². The van der Waals surface area contributed by atoms with E-state index < -0.39 is 0 Å². The van der Waals surface area contributed by atoms with E-state index in [0.717, 1.165) is 25.3 Å². The van der Waals surface area contributed by atoms with E-state index in [4.69, 9.17) is 0 Å². The number of piperidine rings is 1. The van der Waals surface area contributed by atoms with Gasteiger partial charge in [0.05, 0.1) is 0 Å². The van der Waals surface area contributed by atoms with Gasteiger partial charge in [0.25, 0.3) is 5.91 Å². The fourth-order valence-electron chi connectivity index (χ4n) is 2.60. The van der Waals surface area contributed by atoms with Gasteiger partial charge in [-0.25, -0.2) is 0 Å². The predicted molar refractivity (Wildman–Crippen MR) is 78.9 cm³/mol. The first-order chi connectivity index (χ1) is 9.65. The summed E-state index contributed by atoms with van der Waals surface area (Å²) in [4.78, 5) is 13.7. The molecule has 110 valence electrons. The third-order valence-electron chi connectivity index (χ3n) is 4.05. The Labute approximate surface area is 120 Å². The summed E-state index contributed by atoms with van der Waals surface area (Å²) in [5, 5.41) is 14.1. The van der Waals surface area contributed by atoms with Crippen molar-refractivity contribution < 1.29 is 4.79 Å². The lowest BCUT2D eigenvalue weighted by molar-refractivity contribution is 0.0957. The van der Waals surface area contributed by atoms with Crippen molar-refractivity contribution in [1.29, 1.82) is 0 Å². The lowest BCUT2D eigenvalue weighted by Crippen LogP contribution is -2.43. The van der Waals surface area contributed by atoms with E-state index in [1.807, 2.05) is 13.1 Å². The third kappa shape index (κ3) is 3.25. The average Bonchev–Trinajstić information content (AvgIpc) is 2.53. The molecule has 1 amide bonds. The van der Waals surface area contributed by atoms with Crippen LogP contribution in [0.15, 0.2) is 12.1 Å². The lowest BCUT2D eigenvalue weighted by atomic mass is 9.92. The molecular weight excluding hydrogens is 254 g/mol. The Bertz CT molecular complexity index is 447. The topological polar surface area (TPSA) is 70.2 Å². The summed E-state index contributed by atoms with van der Waals surface area (Å²) in [6.45, 7) is 4.20. The molecule has 2 unspecified atom stereocenters. The first kappa shape index (κ1) is 14.7. The molecule has 1 fully saturated rings. The van der Waals surface area contributed by atoms with Gasteiger partial charge in [0.15, 0.2) is 11.5 Å². The lowest BCUT2D eigenvalue weighted by Gasteiger charge is -2.36. The van der Waals surface area contributed by atoms with Crippen LogP contribution >= 0.6 is 0 Å². The minimum Gasteiger partial charge on any atom is -0.355 e. The van der Waals surface area contributed by atoms with Gasteiger partial charge in [0.2, 0.25) is 0 Å². The van der Waals surface area contributed by atoms with Crippen LogP contribution in [0.1, 0.15) is 30.3 Å². The first-order valence-electron chi connectivity index (χ1n) is 7.13. The third-order valence-corrected chi connectivity index (χ3v) is 4.05. The molecule has 1 aliphatic heterocycles. The average molecular weight is 277 g/mol. The standard InChI is InChI=1S/C14H23N5O/c1-10(15-2)11-5-4-8-19(9-11)13-7-6-12(17-18-13)14(20)16-3/h6-7,10-11,15H,4-5,8-9H2,1-3H3,(H,16,20). The van der Waals surface area contributed by atoms with Crippen LogP contribution in [0.3, 0.4) is 0 Å². The Morgan fingerprint density at radius 2 is 2.20 bits per heavy atom. The minimum absolute atomic E-state index is 0.204. The van der Waals surface area contributed by atoms with Gasteiger partial charge in [-0.05, 0) is 44.9 Å². The van der Waals surface area contributed by atoms with Gasteiger partial charge in [0.1, 0.15) is 0 Å². The van der Waals surface area contributed by atoms with Crippen molar-refractivity contribution in [3.8, 4) is 0 Å². The van der Waals surface area contributed by atoms with Crippen LogP contribution in [0.5, 0.6) is 0 Å². The summed E-state index contributed by atoms with van der Waals surface area (Å²) in [7, 11) is 3.59. The SMILES string of the molecule is CNC(=O)c1ccc(N2CCCC(C(C)NC)C2)nn1. The van der Waals surface area contributed by atoms with Crippen molar-refractivity contribution >= 4 is 11.7 Å². The van der Waals surface area contributed by atoms with Crippen molar-refractivity contribution in [3.63, 3.8) is 0 Å². The van der Waals surface area contributed by atoms with Crippen LogP contribution in [-0.2, 0) is 0 Å². The molecule has 1 aromatic rings. The van der Waals surface area contributed by atoms with Crippen molar-refractivity contribution in [3.05, 3.63) is 17.8 Å². The Hall–Kier alpha value is -1.69. The fourth-order valence-corrected chi connectivity index (χ4v) is 2.60. The highest BCUT2D eigenvalue weighted by Crippen LogP contribution is 2.23. The molecule has 2 N–H and O–H groups in total. The molecule has 6 nitrogen and oxygen atoms in total. The summed E-state index contributed by atoms with van der Waals surface area (Å²) in [6, 6.07) is 4.10. The number of amides is 1. The Balaban J connectivity index is 2.05. The molecule has 6 heteroatoms. The summed E-state index contributed by atoms with van der Waals surface area (Å²) in [5.41, 5.74) is 0.355. The number of anilines is 1. The molecule has 20 heavy (non-hydrogen) atoms. The number of carbonyl (C=O) groups is 1. The number of nitrogens with one attached hydrogen (secondary N) is 2. The van der Waals surface area contributed by atoms with Crippen LogP contribution in [0.4, 0.5) is 5.82 Å². The largest absolute Gasteiger partial charge is 0.355 e.